The average Bonchev–Trinajstić information content (AvgIpc) is 2.98. The molecule has 0 unspecified atom stereocenters. The van der Waals surface area contributed by atoms with E-state index in [9.17, 15) is 32.3 Å². The zero-order valence-electron chi connectivity index (χ0n) is 14.6. The van der Waals surface area contributed by atoms with Crippen LogP contribution in [0, 0.1) is 0 Å². The fourth-order valence-electron chi connectivity index (χ4n) is 2.95. The number of halogens is 3. The number of carboxylic acids is 1. The number of rotatable bonds is 4. The predicted octanol–water partition coefficient (Wildman–Crippen LogP) is 1.32. The number of ether oxygens (including phenoxy) is 2. The molecule has 0 radical (unpaired) electrons. The van der Waals surface area contributed by atoms with Crippen LogP contribution in [-0.2, 0) is 35.1 Å². The van der Waals surface area contributed by atoms with Gasteiger partial charge in [0, 0.05) is 18.2 Å². The van der Waals surface area contributed by atoms with E-state index in [2.05, 4.69) is 9.47 Å². The smallest absolute Gasteiger partial charge is 0.471 e. The van der Waals surface area contributed by atoms with Gasteiger partial charge in [-0.3, -0.25) is 9.69 Å². The Morgan fingerprint density at radius 3 is 2.18 bits per heavy atom. The highest BCUT2D eigenvalue weighted by molar-refractivity contribution is 6.18. The molecule has 11 heteroatoms. The van der Waals surface area contributed by atoms with Crippen LogP contribution in [0.15, 0.2) is 24.3 Å². The van der Waals surface area contributed by atoms with Gasteiger partial charge in [-0.2, -0.15) is 13.2 Å². The molecule has 1 aromatic carbocycles. The molecular weight excluding hydrogens is 387 g/mol. The lowest BCUT2D eigenvalue weighted by Gasteiger charge is -2.33. The molecule has 0 fully saturated rings. The Balaban J connectivity index is 2.71. The molecular formula is C17H14F3NO7. The van der Waals surface area contributed by atoms with E-state index in [1.165, 1.54) is 12.1 Å². The Bertz CT molecular complexity index is 860. The third kappa shape index (κ3) is 3.42. The number of fused-ring (bicyclic) bond motifs is 1. The van der Waals surface area contributed by atoms with E-state index in [0.717, 1.165) is 32.4 Å². The van der Waals surface area contributed by atoms with Crippen LogP contribution >= 0.6 is 0 Å². The number of esters is 2. The Morgan fingerprint density at radius 1 is 1.14 bits per heavy atom. The van der Waals surface area contributed by atoms with E-state index < -0.39 is 42.0 Å². The molecule has 0 saturated carbocycles. The second kappa shape index (κ2) is 7.33. The average molecular weight is 401 g/mol. The van der Waals surface area contributed by atoms with Crippen molar-refractivity contribution in [1.82, 2.24) is 0 Å². The topological polar surface area (TPSA) is 110 Å². The quantitative estimate of drug-likeness (QED) is 0.460. The maximum absolute atomic E-state index is 13.2. The summed E-state index contributed by atoms with van der Waals surface area (Å²) in [7, 11) is 1.71. The van der Waals surface area contributed by atoms with Gasteiger partial charge in [0.05, 0.1) is 14.2 Å². The first-order valence-electron chi connectivity index (χ1n) is 7.61. The molecule has 0 saturated heterocycles. The molecule has 28 heavy (non-hydrogen) atoms. The number of hydrogen-bond donors (Lipinski definition) is 1. The predicted molar refractivity (Wildman–Crippen MR) is 87.1 cm³/mol. The maximum atomic E-state index is 13.2. The second-order valence-electron chi connectivity index (χ2n) is 5.72. The zero-order valence-corrected chi connectivity index (χ0v) is 14.6. The van der Waals surface area contributed by atoms with Crippen molar-refractivity contribution in [3.8, 4) is 0 Å². The van der Waals surface area contributed by atoms with Crippen LogP contribution < -0.4 is 4.90 Å². The van der Waals surface area contributed by atoms with Gasteiger partial charge in [0.2, 0.25) is 5.54 Å². The van der Waals surface area contributed by atoms with Gasteiger partial charge >= 0.3 is 30.0 Å². The third-order valence-corrected chi connectivity index (χ3v) is 4.08. The molecule has 8 nitrogen and oxygen atoms in total. The fourth-order valence-corrected chi connectivity index (χ4v) is 2.95. The van der Waals surface area contributed by atoms with Gasteiger partial charge in [-0.1, -0.05) is 6.07 Å². The number of amides is 1. The maximum Gasteiger partial charge on any atom is 0.471 e. The highest BCUT2D eigenvalue weighted by Crippen LogP contribution is 2.43. The number of nitrogens with zero attached hydrogens (tertiary/aromatic N) is 1. The number of hydrogen-bond acceptors (Lipinski definition) is 6. The van der Waals surface area contributed by atoms with E-state index in [4.69, 9.17) is 5.11 Å². The van der Waals surface area contributed by atoms with Crippen LogP contribution in [0.4, 0.5) is 18.9 Å². The lowest BCUT2D eigenvalue weighted by atomic mass is 9.93. The van der Waals surface area contributed by atoms with E-state index >= 15 is 0 Å². The standard InChI is InChI=1S/C17H14F3NO7/c1-27-14(25)16(15(26)28-2)8-10-7-9(4-6-12(22)23)3-5-11(10)21(16)13(24)17(18,19)20/h3-7H,8H2,1-2H3,(H,22,23)/b6-4+. The van der Waals surface area contributed by atoms with Crippen LogP contribution in [0.25, 0.3) is 6.08 Å². The Labute approximate surface area is 156 Å². The Kier molecular flexibility index (Phi) is 5.48. The number of methoxy groups -OCH3 is 2. The summed E-state index contributed by atoms with van der Waals surface area (Å²) in [5.41, 5.74) is -2.74. The summed E-state index contributed by atoms with van der Waals surface area (Å²) >= 11 is 0. The van der Waals surface area contributed by atoms with Gasteiger partial charge in [0.1, 0.15) is 0 Å². The molecule has 1 N–H and O–H groups in total. The molecule has 1 aromatic rings. The fraction of sp³-hybridized carbons (Fsp3) is 0.294. The van der Waals surface area contributed by atoms with Crippen molar-refractivity contribution in [2.45, 2.75) is 18.1 Å². The highest BCUT2D eigenvalue weighted by atomic mass is 19.4. The van der Waals surface area contributed by atoms with Crippen molar-refractivity contribution in [3.63, 3.8) is 0 Å². The van der Waals surface area contributed by atoms with E-state index in [0.29, 0.717) is 0 Å². The summed E-state index contributed by atoms with van der Waals surface area (Å²) in [6.07, 6.45) is -4.08. The van der Waals surface area contributed by atoms with Gasteiger partial charge in [0.15, 0.2) is 0 Å². The molecule has 0 bridgehead atoms. The Hall–Kier alpha value is -3.37. The molecule has 0 spiro atoms. The molecule has 1 amide bonds. The molecule has 1 aliphatic heterocycles. The van der Waals surface area contributed by atoms with Gasteiger partial charge < -0.3 is 14.6 Å². The molecule has 1 heterocycles. The molecule has 0 atom stereocenters. The van der Waals surface area contributed by atoms with Crippen LogP contribution in [0.3, 0.4) is 0 Å². The minimum atomic E-state index is -5.39. The first-order chi connectivity index (χ1) is 13.0. The van der Waals surface area contributed by atoms with Crippen molar-refractivity contribution in [2.75, 3.05) is 19.1 Å². The van der Waals surface area contributed by atoms with Crippen LogP contribution in [0.5, 0.6) is 0 Å². The van der Waals surface area contributed by atoms with Gasteiger partial charge in [0.25, 0.3) is 0 Å². The number of carbonyl (C=O) groups is 4. The number of anilines is 1. The summed E-state index contributed by atoms with van der Waals surface area (Å²) in [5, 5.41) is 8.68. The number of benzene rings is 1. The summed E-state index contributed by atoms with van der Waals surface area (Å²) < 4.78 is 48.6. The van der Waals surface area contributed by atoms with Crippen molar-refractivity contribution in [1.29, 1.82) is 0 Å². The third-order valence-electron chi connectivity index (χ3n) is 4.08. The number of carboxylic acid groups (broad SMARTS) is 1. The zero-order chi connectivity index (χ0) is 21.3. The summed E-state index contributed by atoms with van der Waals surface area (Å²) in [5.74, 6) is -6.52. The highest BCUT2D eigenvalue weighted by Gasteiger charge is 2.64. The first kappa shape index (κ1) is 20.9. The summed E-state index contributed by atoms with van der Waals surface area (Å²) in [6.45, 7) is 0. The monoisotopic (exact) mass is 401 g/mol. The molecule has 1 aliphatic rings. The number of alkyl halides is 3. The van der Waals surface area contributed by atoms with E-state index in [1.54, 1.807) is 0 Å². The molecule has 2 rings (SSSR count). The molecule has 0 aromatic heterocycles. The first-order valence-corrected chi connectivity index (χ1v) is 7.61. The normalized spacial score (nSPS) is 15.2. The lowest BCUT2D eigenvalue weighted by Crippen LogP contribution is -2.64. The van der Waals surface area contributed by atoms with Crippen LogP contribution in [0.1, 0.15) is 11.1 Å². The minimum Gasteiger partial charge on any atom is -0.478 e. The van der Waals surface area contributed by atoms with Crippen LogP contribution in [-0.4, -0.2) is 54.9 Å². The van der Waals surface area contributed by atoms with Crippen molar-refractivity contribution in [3.05, 3.63) is 35.4 Å². The van der Waals surface area contributed by atoms with Gasteiger partial charge in [-0.05, 0) is 29.3 Å². The molecule has 150 valence electrons. The van der Waals surface area contributed by atoms with E-state index in [1.807, 2.05) is 0 Å². The van der Waals surface area contributed by atoms with Crippen molar-refractivity contribution in [2.24, 2.45) is 0 Å². The number of carbonyl (C=O) groups excluding carboxylic acids is 3. The minimum absolute atomic E-state index is 0.0185. The number of aliphatic carboxylic acids is 1. The Morgan fingerprint density at radius 2 is 1.71 bits per heavy atom. The summed E-state index contributed by atoms with van der Waals surface area (Å²) in [4.78, 5) is 47.5. The second-order valence-corrected chi connectivity index (χ2v) is 5.72. The van der Waals surface area contributed by atoms with E-state index in [-0.39, 0.29) is 21.7 Å². The molecule has 0 aliphatic carbocycles. The lowest BCUT2D eigenvalue weighted by molar-refractivity contribution is -0.176. The van der Waals surface area contributed by atoms with Gasteiger partial charge in [-0.15, -0.1) is 0 Å². The largest absolute Gasteiger partial charge is 0.478 e. The SMILES string of the molecule is COC(=O)C1(C(=O)OC)Cc2cc(/C=C/C(=O)O)ccc2N1C(=O)C(F)(F)F. The van der Waals surface area contributed by atoms with Crippen molar-refractivity contribution >= 4 is 35.6 Å². The summed E-state index contributed by atoms with van der Waals surface area (Å²) in [6, 6.07) is 3.58. The van der Waals surface area contributed by atoms with Crippen molar-refractivity contribution < 1.29 is 46.9 Å². The van der Waals surface area contributed by atoms with Crippen LogP contribution in [0.2, 0.25) is 0 Å². The van der Waals surface area contributed by atoms with Gasteiger partial charge in [-0.25, -0.2) is 14.4 Å².